The maximum absolute atomic E-state index is 12.5. The normalized spacial score (nSPS) is 19.5. The molecule has 116 valence electrons. The van der Waals surface area contributed by atoms with E-state index in [-0.39, 0.29) is 18.0 Å². The van der Waals surface area contributed by atoms with Crippen LogP contribution in [0.15, 0.2) is 47.2 Å². The Morgan fingerprint density at radius 1 is 1.22 bits per heavy atom. The van der Waals surface area contributed by atoms with E-state index in [1.165, 1.54) is 16.9 Å². The van der Waals surface area contributed by atoms with Crippen LogP contribution < -0.4 is 11.1 Å². The largest absolute Gasteiger partial charge is 0.346 e. The number of nitrogens with one attached hydrogen (secondary N) is 1. The lowest BCUT2D eigenvalue weighted by atomic mass is 10.1. The van der Waals surface area contributed by atoms with Gasteiger partial charge in [-0.05, 0) is 29.0 Å². The second kappa shape index (κ2) is 5.88. The van der Waals surface area contributed by atoms with Crippen LogP contribution in [0.3, 0.4) is 0 Å². The quantitative estimate of drug-likeness (QED) is 0.768. The van der Waals surface area contributed by atoms with Crippen LogP contribution in [-0.4, -0.2) is 16.9 Å². The molecule has 2 heterocycles. The van der Waals surface area contributed by atoms with Crippen molar-refractivity contribution in [1.29, 1.82) is 0 Å². The van der Waals surface area contributed by atoms with Crippen molar-refractivity contribution < 1.29 is 4.79 Å². The van der Waals surface area contributed by atoms with E-state index < -0.39 is 0 Å². The molecule has 0 radical (unpaired) electrons. The number of rotatable bonds is 3. The third-order valence-corrected chi connectivity index (χ3v) is 5.95. The average molecular weight is 341 g/mol. The fourth-order valence-corrected chi connectivity index (χ4v) is 4.51. The minimum atomic E-state index is -0.162. The standard InChI is InChI=1S/C17H15N3OS2/c18-15-11-5-2-1-4-10(11)8-12(15)19-16(21)13-9-23-17(20-13)14-6-3-7-22-14/h1-7,9,12,15H,8,18H2,(H,19,21). The van der Waals surface area contributed by atoms with Gasteiger partial charge in [0, 0.05) is 5.38 Å². The van der Waals surface area contributed by atoms with Gasteiger partial charge in [0.15, 0.2) is 0 Å². The van der Waals surface area contributed by atoms with Gasteiger partial charge >= 0.3 is 0 Å². The van der Waals surface area contributed by atoms with Gasteiger partial charge in [-0.1, -0.05) is 30.3 Å². The van der Waals surface area contributed by atoms with E-state index in [9.17, 15) is 4.79 Å². The van der Waals surface area contributed by atoms with E-state index in [1.54, 1.807) is 16.7 Å². The molecule has 1 aromatic carbocycles. The molecule has 2 aromatic heterocycles. The summed E-state index contributed by atoms with van der Waals surface area (Å²) in [6.45, 7) is 0. The number of hydrogen-bond donors (Lipinski definition) is 2. The summed E-state index contributed by atoms with van der Waals surface area (Å²) in [5.74, 6) is -0.155. The SMILES string of the molecule is NC1c2ccccc2CC1NC(=O)c1csc(-c2cccs2)n1. The predicted molar refractivity (Wildman–Crippen MR) is 93.8 cm³/mol. The summed E-state index contributed by atoms with van der Waals surface area (Å²) >= 11 is 3.11. The first-order valence-corrected chi connectivity index (χ1v) is 9.12. The smallest absolute Gasteiger partial charge is 0.271 e. The number of thiazole rings is 1. The van der Waals surface area contributed by atoms with Gasteiger partial charge in [0.05, 0.1) is 17.0 Å². The highest BCUT2D eigenvalue weighted by Crippen LogP contribution is 2.30. The molecule has 1 aliphatic rings. The van der Waals surface area contributed by atoms with Gasteiger partial charge in [-0.3, -0.25) is 4.79 Å². The number of carbonyl (C=O) groups excluding carboxylic acids is 1. The van der Waals surface area contributed by atoms with Gasteiger partial charge in [-0.15, -0.1) is 22.7 Å². The summed E-state index contributed by atoms with van der Waals surface area (Å²) in [6.07, 6.45) is 0.769. The summed E-state index contributed by atoms with van der Waals surface area (Å²) in [6, 6.07) is 11.8. The summed E-state index contributed by atoms with van der Waals surface area (Å²) < 4.78 is 0. The van der Waals surface area contributed by atoms with Gasteiger partial charge in [0.25, 0.3) is 5.91 Å². The van der Waals surface area contributed by atoms with Crippen molar-refractivity contribution in [1.82, 2.24) is 10.3 Å². The summed E-state index contributed by atoms with van der Waals surface area (Å²) in [5, 5.41) is 7.72. The minimum absolute atomic E-state index is 0.0770. The number of benzene rings is 1. The third kappa shape index (κ3) is 2.69. The molecule has 0 aliphatic heterocycles. The number of thiophene rings is 1. The Morgan fingerprint density at radius 2 is 2.09 bits per heavy atom. The number of aromatic nitrogens is 1. The molecule has 4 rings (SSSR count). The van der Waals surface area contributed by atoms with Gasteiger partial charge < -0.3 is 11.1 Å². The Bertz CT molecular complexity index is 841. The van der Waals surface area contributed by atoms with Crippen LogP contribution in [0.4, 0.5) is 0 Å². The molecule has 4 nitrogen and oxygen atoms in total. The van der Waals surface area contributed by atoms with Crippen molar-refractivity contribution in [3.8, 4) is 9.88 Å². The van der Waals surface area contributed by atoms with E-state index in [4.69, 9.17) is 5.73 Å². The first-order valence-electron chi connectivity index (χ1n) is 7.36. The summed E-state index contributed by atoms with van der Waals surface area (Å²) in [5.41, 5.74) is 9.06. The highest BCUT2D eigenvalue weighted by molar-refractivity contribution is 7.20. The van der Waals surface area contributed by atoms with Crippen LogP contribution in [0.1, 0.15) is 27.7 Å². The minimum Gasteiger partial charge on any atom is -0.346 e. The number of fused-ring (bicyclic) bond motifs is 1. The lowest BCUT2D eigenvalue weighted by molar-refractivity contribution is 0.0929. The number of nitrogens with two attached hydrogens (primary N) is 1. The second-order valence-corrected chi connectivity index (χ2v) is 7.33. The number of nitrogens with zero attached hydrogens (tertiary/aromatic N) is 1. The van der Waals surface area contributed by atoms with E-state index in [2.05, 4.69) is 16.4 Å². The molecule has 0 fully saturated rings. The van der Waals surface area contributed by atoms with E-state index in [1.807, 2.05) is 35.7 Å². The molecule has 0 saturated carbocycles. The zero-order valence-corrected chi connectivity index (χ0v) is 13.9. The molecule has 2 unspecified atom stereocenters. The number of hydrogen-bond acceptors (Lipinski definition) is 5. The van der Waals surface area contributed by atoms with Crippen molar-refractivity contribution in [2.45, 2.75) is 18.5 Å². The van der Waals surface area contributed by atoms with E-state index in [0.29, 0.717) is 5.69 Å². The maximum Gasteiger partial charge on any atom is 0.271 e. The van der Waals surface area contributed by atoms with Crippen molar-refractivity contribution in [3.63, 3.8) is 0 Å². The predicted octanol–water partition coefficient (Wildman–Crippen LogP) is 3.23. The molecule has 3 N–H and O–H groups in total. The van der Waals surface area contributed by atoms with Gasteiger partial charge in [-0.25, -0.2) is 4.98 Å². The van der Waals surface area contributed by atoms with Gasteiger partial charge in [0.1, 0.15) is 10.7 Å². The lowest BCUT2D eigenvalue weighted by Gasteiger charge is -2.17. The third-order valence-electron chi connectivity index (χ3n) is 4.07. The summed E-state index contributed by atoms with van der Waals surface area (Å²) in [4.78, 5) is 18.0. The van der Waals surface area contributed by atoms with Gasteiger partial charge in [-0.2, -0.15) is 0 Å². The number of carbonyl (C=O) groups is 1. The van der Waals surface area contributed by atoms with Crippen LogP contribution in [-0.2, 0) is 6.42 Å². The summed E-state index contributed by atoms with van der Waals surface area (Å²) in [7, 11) is 0. The Balaban J connectivity index is 1.49. The van der Waals surface area contributed by atoms with Crippen LogP contribution >= 0.6 is 22.7 Å². The maximum atomic E-state index is 12.5. The monoisotopic (exact) mass is 341 g/mol. The van der Waals surface area contributed by atoms with E-state index in [0.717, 1.165) is 21.9 Å². The second-order valence-electron chi connectivity index (χ2n) is 5.52. The molecule has 6 heteroatoms. The molecule has 3 aromatic rings. The highest BCUT2D eigenvalue weighted by atomic mass is 32.1. The Morgan fingerprint density at radius 3 is 2.87 bits per heavy atom. The van der Waals surface area contributed by atoms with Gasteiger partial charge in [0.2, 0.25) is 0 Å². The van der Waals surface area contributed by atoms with Crippen molar-refractivity contribution in [2.75, 3.05) is 0 Å². The van der Waals surface area contributed by atoms with Crippen molar-refractivity contribution in [3.05, 3.63) is 64.0 Å². The zero-order valence-electron chi connectivity index (χ0n) is 12.2. The number of amides is 1. The Labute approximate surface area is 142 Å². The van der Waals surface area contributed by atoms with Crippen molar-refractivity contribution in [2.24, 2.45) is 5.73 Å². The van der Waals surface area contributed by atoms with Crippen LogP contribution in [0.5, 0.6) is 0 Å². The van der Waals surface area contributed by atoms with Crippen LogP contribution in [0.2, 0.25) is 0 Å². The first kappa shape index (κ1) is 14.6. The molecular formula is C17H15N3OS2. The van der Waals surface area contributed by atoms with Crippen molar-refractivity contribution >= 4 is 28.6 Å². The van der Waals surface area contributed by atoms with E-state index >= 15 is 0 Å². The molecule has 1 amide bonds. The molecule has 0 saturated heterocycles. The Kier molecular flexibility index (Phi) is 3.72. The molecule has 2 atom stereocenters. The molecular weight excluding hydrogens is 326 g/mol. The lowest BCUT2D eigenvalue weighted by Crippen LogP contribution is -2.40. The first-order chi connectivity index (χ1) is 11.2. The molecule has 0 bridgehead atoms. The zero-order chi connectivity index (χ0) is 15.8. The fourth-order valence-electron chi connectivity index (χ4n) is 2.90. The highest BCUT2D eigenvalue weighted by Gasteiger charge is 2.31. The topological polar surface area (TPSA) is 68.0 Å². The fraction of sp³-hybridized carbons (Fsp3) is 0.176. The average Bonchev–Trinajstić information content (AvgIpc) is 3.28. The Hall–Kier alpha value is -2.02. The van der Waals surface area contributed by atoms with Crippen LogP contribution in [0, 0.1) is 0 Å². The van der Waals surface area contributed by atoms with Crippen LogP contribution in [0.25, 0.3) is 9.88 Å². The molecule has 0 spiro atoms. The molecule has 1 aliphatic carbocycles. The molecule has 23 heavy (non-hydrogen) atoms.